The second kappa shape index (κ2) is 13.5. The van der Waals surface area contributed by atoms with Crippen molar-refractivity contribution in [3.8, 4) is 11.4 Å². The molecule has 3 rings (SSSR count). The van der Waals surface area contributed by atoms with Crippen molar-refractivity contribution in [1.82, 2.24) is 20.4 Å². The lowest BCUT2D eigenvalue weighted by Gasteiger charge is -2.12. The van der Waals surface area contributed by atoms with Gasteiger partial charge in [0, 0.05) is 32.5 Å². The maximum atomic E-state index is 5.79. The summed E-state index contributed by atoms with van der Waals surface area (Å²) in [5, 5.41) is 11.2. The number of guanidine groups is 1. The first-order valence-electron chi connectivity index (χ1n) is 10.2. The number of nitrogens with one attached hydrogen (secondary N) is 2. The Balaban J connectivity index is 0.00000320. The molecule has 0 saturated carbocycles. The van der Waals surface area contributed by atoms with Crippen LogP contribution < -0.4 is 15.4 Å². The fourth-order valence-electron chi connectivity index (χ4n) is 3.00. The zero-order valence-corrected chi connectivity index (χ0v) is 20.0. The smallest absolute Gasteiger partial charge is 0.191 e. The molecular weight excluding hydrogens is 497 g/mol. The van der Waals surface area contributed by atoms with Gasteiger partial charge in [0.15, 0.2) is 5.96 Å². The van der Waals surface area contributed by atoms with Crippen LogP contribution in [0, 0.1) is 0 Å². The summed E-state index contributed by atoms with van der Waals surface area (Å²) in [6, 6.07) is 9.78. The highest BCUT2D eigenvalue weighted by atomic mass is 127. The first kappa shape index (κ1) is 24.4. The minimum Gasteiger partial charge on any atom is -0.497 e. The molecule has 1 unspecified atom stereocenters. The molecule has 2 aromatic rings. The van der Waals surface area contributed by atoms with Crippen LogP contribution in [-0.2, 0) is 16.0 Å². The largest absolute Gasteiger partial charge is 0.497 e. The van der Waals surface area contributed by atoms with Crippen LogP contribution in [0.3, 0.4) is 0 Å². The minimum atomic E-state index is 0. The van der Waals surface area contributed by atoms with Crippen molar-refractivity contribution in [2.45, 2.75) is 32.4 Å². The van der Waals surface area contributed by atoms with Crippen LogP contribution in [0.25, 0.3) is 5.69 Å². The standard InChI is InChI=1S/C21H31N5O3.HI/c1-3-22-21(23-11-4-13-29-20-10-14-28-16-20)24-15-17-9-12-26(25-17)18-5-7-19(27-2)8-6-18;/h5-9,12,20H,3-4,10-11,13-16H2,1-2H3,(H2,22,23,24);1H. The van der Waals surface area contributed by atoms with Gasteiger partial charge in [0.1, 0.15) is 5.75 Å². The molecule has 1 saturated heterocycles. The van der Waals surface area contributed by atoms with E-state index in [2.05, 4.69) is 27.6 Å². The van der Waals surface area contributed by atoms with Crippen molar-refractivity contribution in [3.63, 3.8) is 0 Å². The van der Waals surface area contributed by atoms with E-state index >= 15 is 0 Å². The van der Waals surface area contributed by atoms with E-state index in [-0.39, 0.29) is 30.1 Å². The van der Waals surface area contributed by atoms with Gasteiger partial charge in [0.25, 0.3) is 0 Å². The number of methoxy groups -OCH3 is 1. The molecule has 1 aromatic carbocycles. The monoisotopic (exact) mass is 529 g/mol. The third kappa shape index (κ3) is 7.77. The topological polar surface area (TPSA) is 81.9 Å². The summed E-state index contributed by atoms with van der Waals surface area (Å²) in [5.74, 6) is 1.62. The highest BCUT2D eigenvalue weighted by molar-refractivity contribution is 14.0. The van der Waals surface area contributed by atoms with E-state index in [1.165, 1.54) is 0 Å². The number of hydrogen-bond acceptors (Lipinski definition) is 5. The molecule has 9 heteroatoms. The third-order valence-electron chi connectivity index (χ3n) is 4.58. The quantitative estimate of drug-likeness (QED) is 0.213. The lowest BCUT2D eigenvalue weighted by Crippen LogP contribution is -2.38. The molecule has 0 spiro atoms. The van der Waals surface area contributed by atoms with E-state index in [0.717, 1.165) is 68.8 Å². The summed E-state index contributed by atoms with van der Waals surface area (Å²) < 4.78 is 18.1. The second-order valence-corrected chi connectivity index (χ2v) is 6.78. The van der Waals surface area contributed by atoms with Crippen LogP contribution in [0.5, 0.6) is 5.75 Å². The average Bonchev–Trinajstić information content (AvgIpc) is 3.44. The Hall–Kier alpha value is -1.85. The first-order chi connectivity index (χ1) is 14.3. The molecule has 8 nitrogen and oxygen atoms in total. The van der Waals surface area contributed by atoms with E-state index in [0.29, 0.717) is 6.54 Å². The molecule has 0 radical (unpaired) electrons. The van der Waals surface area contributed by atoms with Gasteiger partial charge in [-0.3, -0.25) is 0 Å². The molecular formula is C21H32IN5O3. The number of benzene rings is 1. The van der Waals surface area contributed by atoms with Gasteiger partial charge >= 0.3 is 0 Å². The summed E-state index contributed by atoms with van der Waals surface area (Å²) in [4.78, 5) is 4.63. The number of nitrogens with zero attached hydrogens (tertiary/aromatic N) is 3. The molecule has 1 fully saturated rings. The van der Waals surface area contributed by atoms with Crippen LogP contribution in [0.4, 0.5) is 0 Å². The van der Waals surface area contributed by atoms with Crippen LogP contribution in [-0.4, -0.2) is 61.9 Å². The Kier molecular flexibility index (Phi) is 11.0. The SMILES string of the molecule is CCNC(=NCc1ccn(-c2ccc(OC)cc2)n1)NCCCOC1CCOC1.I. The number of aromatic nitrogens is 2. The van der Waals surface area contributed by atoms with Crippen LogP contribution in [0.2, 0.25) is 0 Å². The number of rotatable bonds is 10. The molecule has 30 heavy (non-hydrogen) atoms. The molecule has 1 aliphatic rings. The third-order valence-corrected chi connectivity index (χ3v) is 4.58. The molecule has 0 bridgehead atoms. The Morgan fingerprint density at radius 3 is 2.80 bits per heavy atom. The zero-order valence-electron chi connectivity index (χ0n) is 17.7. The Morgan fingerprint density at radius 1 is 1.27 bits per heavy atom. The van der Waals surface area contributed by atoms with Gasteiger partial charge in [-0.25, -0.2) is 9.67 Å². The summed E-state index contributed by atoms with van der Waals surface area (Å²) in [6.45, 7) is 6.44. The normalized spacial score (nSPS) is 16.2. The van der Waals surface area contributed by atoms with E-state index in [4.69, 9.17) is 14.2 Å². The van der Waals surface area contributed by atoms with Gasteiger partial charge in [-0.15, -0.1) is 24.0 Å². The Labute approximate surface area is 195 Å². The first-order valence-corrected chi connectivity index (χ1v) is 10.2. The van der Waals surface area contributed by atoms with Crippen LogP contribution >= 0.6 is 24.0 Å². The van der Waals surface area contributed by atoms with E-state index in [1.807, 2.05) is 41.2 Å². The summed E-state index contributed by atoms with van der Waals surface area (Å²) in [5.41, 5.74) is 1.89. The van der Waals surface area contributed by atoms with Gasteiger partial charge < -0.3 is 24.8 Å². The lowest BCUT2D eigenvalue weighted by atomic mass is 10.3. The van der Waals surface area contributed by atoms with Gasteiger partial charge in [0.2, 0.25) is 0 Å². The van der Waals surface area contributed by atoms with Gasteiger partial charge in [-0.2, -0.15) is 5.10 Å². The summed E-state index contributed by atoms with van der Waals surface area (Å²) in [7, 11) is 1.66. The molecule has 166 valence electrons. The van der Waals surface area contributed by atoms with Gasteiger partial charge in [-0.05, 0) is 50.1 Å². The highest BCUT2D eigenvalue weighted by Gasteiger charge is 2.15. The van der Waals surface area contributed by atoms with Crippen molar-refractivity contribution in [2.24, 2.45) is 4.99 Å². The van der Waals surface area contributed by atoms with Gasteiger partial charge in [0.05, 0.1) is 37.7 Å². The fraction of sp³-hybridized carbons (Fsp3) is 0.524. The lowest BCUT2D eigenvalue weighted by molar-refractivity contribution is 0.0420. The van der Waals surface area contributed by atoms with E-state index in [9.17, 15) is 0 Å². The zero-order chi connectivity index (χ0) is 20.3. The molecule has 0 amide bonds. The van der Waals surface area contributed by atoms with Crippen molar-refractivity contribution in [2.75, 3.05) is 40.0 Å². The second-order valence-electron chi connectivity index (χ2n) is 6.78. The number of hydrogen-bond donors (Lipinski definition) is 2. The van der Waals surface area contributed by atoms with Crippen molar-refractivity contribution in [3.05, 3.63) is 42.2 Å². The molecule has 2 heterocycles. The summed E-state index contributed by atoms with van der Waals surface area (Å²) >= 11 is 0. The molecule has 0 aliphatic carbocycles. The fourth-order valence-corrected chi connectivity index (χ4v) is 3.00. The molecule has 1 aromatic heterocycles. The number of halogens is 1. The predicted octanol–water partition coefficient (Wildman–Crippen LogP) is 2.75. The predicted molar refractivity (Wildman–Crippen MR) is 128 cm³/mol. The molecule has 1 aliphatic heterocycles. The van der Waals surface area contributed by atoms with E-state index in [1.54, 1.807) is 7.11 Å². The number of ether oxygens (including phenoxy) is 3. The highest BCUT2D eigenvalue weighted by Crippen LogP contribution is 2.14. The average molecular weight is 529 g/mol. The maximum Gasteiger partial charge on any atom is 0.191 e. The van der Waals surface area contributed by atoms with Gasteiger partial charge in [-0.1, -0.05) is 0 Å². The number of aliphatic imine (C=N–C) groups is 1. The minimum absolute atomic E-state index is 0. The molecule has 2 N–H and O–H groups in total. The maximum absolute atomic E-state index is 5.79. The Bertz CT molecular complexity index is 760. The molecule has 1 atom stereocenters. The van der Waals surface area contributed by atoms with Crippen molar-refractivity contribution < 1.29 is 14.2 Å². The van der Waals surface area contributed by atoms with Crippen molar-refractivity contribution >= 4 is 29.9 Å². The van der Waals surface area contributed by atoms with Crippen LogP contribution in [0.1, 0.15) is 25.5 Å². The van der Waals surface area contributed by atoms with Crippen LogP contribution in [0.15, 0.2) is 41.5 Å². The van der Waals surface area contributed by atoms with Crippen molar-refractivity contribution in [1.29, 1.82) is 0 Å². The Morgan fingerprint density at radius 2 is 2.10 bits per heavy atom. The summed E-state index contributed by atoms with van der Waals surface area (Å²) in [6.07, 6.45) is 4.13. The van der Waals surface area contributed by atoms with E-state index < -0.39 is 0 Å².